The molecule has 1 aromatic heterocycles. The molecule has 6 nitrogen and oxygen atoms in total. The third-order valence-corrected chi connectivity index (χ3v) is 3.34. The highest BCUT2D eigenvalue weighted by molar-refractivity contribution is 6.32. The molecule has 3 N–H and O–H groups in total. The Kier molecular flexibility index (Phi) is 8.32. The van der Waals surface area contributed by atoms with Crippen LogP contribution in [0.1, 0.15) is 11.1 Å². The quantitative estimate of drug-likeness (QED) is 0.743. The topological polar surface area (TPSA) is 86.5 Å². The Hall–Kier alpha value is -2.02. The Morgan fingerprint density at radius 2 is 1.92 bits per heavy atom. The van der Waals surface area contributed by atoms with Crippen molar-refractivity contribution in [1.82, 2.24) is 10.3 Å². The van der Waals surface area contributed by atoms with Gasteiger partial charge in [0.25, 0.3) is 5.91 Å². The lowest BCUT2D eigenvalue weighted by Crippen LogP contribution is -2.20. The molecule has 1 amide bonds. The lowest BCUT2D eigenvalue weighted by molar-refractivity contribution is -0.119. The predicted octanol–water partition coefficient (Wildman–Crippen LogP) is 2.32. The largest absolute Gasteiger partial charge is 0.493 e. The first-order valence-electron chi connectivity index (χ1n) is 6.97. The molecule has 1 heterocycles. The van der Waals surface area contributed by atoms with Crippen molar-refractivity contribution in [3.05, 3.63) is 52.8 Å². The van der Waals surface area contributed by atoms with E-state index in [4.69, 9.17) is 26.8 Å². The van der Waals surface area contributed by atoms with E-state index >= 15 is 0 Å². The van der Waals surface area contributed by atoms with Crippen LogP contribution in [0.5, 0.6) is 11.5 Å². The molecule has 0 aliphatic rings. The average molecular weight is 372 g/mol. The van der Waals surface area contributed by atoms with Gasteiger partial charge in [-0.2, -0.15) is 0 Å². The van der Waals surface area contributed by atoms with Crippen LogP contribution < -0.4 is 20.5 Å². The number of nitrogens with two attached hydrogens (primary N) is 1. The molecule has 0 unspecified atom stereocenters. The fraction of sp³-hybridized carbons (Fsp3) is 0.250. The summed E-state index contributed by atoms with van der Waals surface area (Å²) in [5.74, 6) is 0.191. The van der Waals surface area contributed by atoms with Crippen molar-refractivity contribution < 1.29 is 14.3 Å². The lowest BCUT2D eigenvalue weighted by atomic mass is 10.2. The SMILES string of the molecule is COc1cc(CNCc2ccncc2)cc(Cl)c1OCC(N)=O.Cl. The highest BCUT2D eigenvalue weighted by atomic mass is 35.5. The van der Waals surface area contributed by atoms with Crippen LogP contribution in [-0.4, -0.2) is 24.6 Å². The summed E-state index contributed by atoms with van der Waals surface area (Å²) in [4.78, 5) is 14.8. The number of halogens is 2. The van der Waals surface area contributed by atoms with Crippen molar-refractivity contribution in [2.24, 2.45) is 5.73 Å². The number of carbonyl (C=O) groups excluding carboxylic acids is 1. The van der Waals surface area contributed by atoms with E-state index in [1.807, 2.05) is 18.2 Å². The number of carbonyl (C=O) groups is 1. The number of rotatable bonds is 8. The van der Waals surface area contributed by atoms with E-state index in [1.165, 1.54) is 7.11 Å². The standard InChI is InChI=1S/C16H18ClN3O3.ClH/c1-22-14-7-12(6-13(17)16(14)23-10-15(18)21)9-20-8-11-2-4-19-5-3-11;/h2-7,20H,8-10H2,1H3,(H2,18,21);1H. The molecule has 2 rings (SSSR count). The highest BCUT2D eigenvalue weighted by Gasteiger charge is 2.13. The maximum atomic E-state index is 10.8. The summed E-state index contributed by atoms with van der Waals surface area (Å²) in [5.41, 5.74) is 7.15. The average Bonchev–Trinajstić information content (AvgIpc) is 2.54. The van der Waals surface area contributed by atoms with Crippen molar-refractivity contribution in [2.75, 3.05) is 13.7 Å². The maximum absolute atomic E-state index is 10.8. The second kappa shape index (κ2) is 9.97. The number of nitrogens with zero attached hydrogens (tertiary/aromatic N) is 1. The number of ether oxygens (including phenoxy) is 2. The van der Waals surface area contributed by atoms with Gasteiger partial charge in [-0.1, -0.05) is 11.6 Å². The Labute approximate surface area is 151 Å². The van der Waals surface area contributed by atoms with Crippen molar-refractivity contribution in [2.45, 2.75) is 13.1 Å². The summed E-state index contributed by atoms with van der Waals surface area (Å²) in [6, 6.07) is 7.46. The monoisotopic (exact) mass is 371 g/mol. The summed E-state index contributed by atoms with van der Waals surface area (Å²) in [5, 5.41) is 3.68. The van der Waals surface area contributed by atoms with Crippen LogP contribution in [0.3, 0.4) is 0 Å². The molecule has 8 heteroatoms. The molecular weight excluding hydrogens is 353 g/mol. The van der Waals surface area contributed by atoms with Gasteiger partial charge in [-0.25, -0.2) is 0 Å². The summed E-state index contributed by atoms with van der Waals surface area (Å²) in [6.07, 6.45) is 3.50. The number of aromatic nitrogens is 1. The molecule has 0 fully saturated rings. The fourth-order valence-corrected chi connectivity index (χ4v) is 2.30. The molecule has 0 aliphatic carbocycles. The van der Waals surface area contributed by atoms with Crippen LogP contribution in [0.2, 0.25) is 5.02 Å². The Bertz CT molecular complexity index is 669. The van der Waals surface area contributed by atoms with Gasteiger partial charge in [-0.3, -0.25) is 9.78 Å². The zero-order valence-corrected chi connectivity index (χ0v) is 14.7. The molecule has 1 aromatic carbocycles. The van der Waals surface area contributed by atoms with Crippen LogP contribution in [-0.2, 0) is 17.9 Å². The van der Waals surface area contributed by atoms with Crippen LogP contribution in [0.25, 0.3) is 0 Å². The molecule has 0 aliphatic heterocycles. The first kappa shape index (κ1) is 20.0. The number of benzene rings is 1. The molecule has 0 atom stereocenters. The Morgan fingerprint density at radius 1 is 1.25 bits per heavy atom. The molecular formula is C16H19Cl2N3O3. The zero-order valence-electron chi connectivity index (χ0n) is 13.1. The number of nitrogens with one attached hydrogen (secondary N) is 1. The number of amides is 1. The van der Waals surface area contributed by atoms with Crippen LogP contribution in [0, 0.1) is 0 Å². The van der Waals surface area contributed by atoms with Gasteiger partial charge in [0.05, 0.1) is 12.1 Å². The number of pyridine rings is 1. The van der Waals surface area contributed by atoms with Gasteiger partial charge in [0.1, 0.15) is 0 Å². The fourth-order valence-electron chi connectivity index (χ4n) is 2.01. The second-order valence-corrected chi connectivity index (χ2v) is 5.23. The summed E-state index contributed by atoms with van der Waals surface area (Å²) in [7, 11) is 1.51. The molecule has 0 radical (unpaired) electrons. The number of hydrogen-bond acceptors (Lipinski definition) is 5. The Morgan fingerprint density at radius 3 is 2.54 bits per heavy atom. The molecule has 0 saturated carbocycles. The molecule has 2 aromatic rings. The number of methoxy groups -OCH3 is 1. The van der Waals surface area contributed by atoms with Crippen molar-refractivity contribution >= 4 is 29.9 Å². The minimum Gasteiger partial charge on any atom is -0.493 e. The first-order chi connectivity index (χ1) is 11.1. The summed E-state index contributed by atoms with van der Waals surface area (Å²) < 4.78 is 10.6. The van der Waals surface area contributed by atoms with Gasteiger partial charge in [0.2, 0.25) is 0 Å². The molecule has 0 bridgehead atoms. The van der Waals surface area contributed by atoms with E-state index in [2.05, 4.69) is 10.3 Å². The van der Waals surface area contributed by atoms with Gasteiger partial charge in [0.15, 0.2) is 18.1 Å². The number of primary amides is 1. The van der Waals surface area contributed by atoms with Crippen LogP contribution in [0.4, 0.5) is 0 Å². The molecule has 130 valence electrons. The van der Waals surface area contributed by atoms with E-state index in [0.717, 1.165) is 11.1 Å². The lowest BCUT2D eigenvalue weighted by Gasteiger charge is -2.13. The van der Waals surface area contributed by atoms with Gasteiger partial charge < -0.3 is 20.5 Å². The van der Waals surface area contributed by atoms with Crippen molar-refractivity contribution in [1.29, 1.82) is 0 Å². The third-order valence-electron chi connectivity index (χ3n) is 3.06. The Balaban J connectivity index is 0.00000288. The summed E-state index contributed by atoms with van der Waals surface area (Å²) >= 11 is 6.20. The minimum atomic E-state index is -0.578. The van der Waals surface area contributed by atoms with E-state index in [0.29, 0.717) is 29.6 Å². The molecule has 0 spiro atoms. The first-order valence-corrected chi connectivity index (χ1v) is 7.35. The van der Waals surface area contributed by atoms with Crippen molar-refractivity contribution in [3.63, 3.8) is 0 Å². The normalized spacial score (nSPS) is 9.92. The maximum Gasteiger partial charge on any atom is 0.255 e. The van der Waals surface area contributed by atoms with Gasteiger partial charge >= 0.3 is 0 Å². The van der Waals surface area contributed by atoms with E-state index in [-0.39, 0.29) is 19.0 Å². The van der Waals surface area contributed by atoms with E-state index < -0.39 is 5.91 Å². The zero-order chi connectivity index (χ0) is 16.7. The predicted molar refractivity (Wildman–Crippen MR) is 94.7 cm³/mol. The van der Waals surface area contributed by atoms with Gasteiger partial charge in [0, 0.05) is 25.5 Å². The second-order valence-electron chi connectivity index (χ2n) is 4.82. The highest BCUT2D eigenvalue weighted by Crippen LogP contribution is 2.36. The minimum absolute atomic E-state index is 0. The van der Waals surface area contributed by atoms with E-state index in [1.54, 1.807) is 18.5 Å². The smallest absolute Gasteiger partial charge is 0.255 e. The van der Waals surface area contributed by atoms with Crippen LogP contribution in [0.15, 0.2) is 36.7 Å². The van der Waals surface area contributed by atoms with E-state index in [9.17, 15) is 4.79 Å². The molecule has 24 heavy (non-hydrogen) atoms. The molecule has 0 saturated heterocycles. The van der Waals surface area contributed by atoms with Crippen LogP contribution >= 0.6 is 24.0 Å². The summed E-state index contributed by atoms with van der Waals surface area (Å²) in [6.45, 7) is 1.06. The van der Waals surface area contributed by atoms with Crippen molar-refractivity contribution in [3.8, 4) is 11.5 Å². The number of hydrogen-bond donors (Lipinski definition) is 2. The van der Waals surface area contributed by atoms with Gasteiger partial charge in [-0.15, -0.1) is 12.4 Å². The third kappa shape index (κ3) is 5.88. The van der Waals surface area contributed by atoms with Gasteiger partial charge in [-0.05, 0) is 35.4 Å².